The van der Waals surface area contributed by atoms with Crippen LogP contribution in [0.25, 0.3) is 0 Å². The van der Waals surface area contributed by atoms with E-state index in [2.05, 4.69) is 9.97 Å². The van der Waals surface area contributed by atoms with E-state index < -0.39 is 6.10 Å². The van der Waals surface area contributed by atoms with Gasteiger partial charge < -0.3 is 9.84 Å². The van der Waals surface area contributed by atoms with Crippen LogP contribution in [0.3, 0.4) is 0 Å². The SMILES string of the molecule is C[C@@H](O)c1ccc(Oc2cncc(Cl)c2)cn1. The highest BCUT2D eigenvalue weighted by molar-refractivity contribution is 6.30. The maximum Gasteiger partial charge on any atom is 0.147 e. The molecule has 17 heavy (non-hydrogen) atoms. The van der Waals surface area contributed by atoms with Crippen LogP contribution in [0, 0.1) is 0 Å². The largest absolute Gasteiger partial charge is 0.454 e. The first kappa shape index (κ1) is 11.8. The minimum atomic E-state index is -0.586. The Morgan fingerprint density at radius 1 is 1.24 bits per heavy atom. The lowest BCUT2D eigenvalue weighted by Crippen LogP contribution is -1.95. The van der Waals surface area contributed by atoms with E-state index in [1.165, 1.54) is 6.20 Å². The molecule has 0 radical (unpaired) electrons. The van der Waals surface area contributed by atoms with E-state index >= 15 is 0 Å². The Morgan fingerprint density at radius 2 is 2.06 bits per heavy atom. The molecule has 0 unspecified atom stereocenters. The Bertz CT molecular complexity index is 500. The van der Waals surface area contributed by atoms with Crippen LogP contribution in [-0.2, 0) is 0 Å². The van der Waals surface area contributed by atoms with E-state index in [0.717, 1.165) is 0 Å². The predicted molar refractivity (Wildman–Crippen MR) is 64.2 cm³/mol. The summed E-state index contributed by atoms with van der Waals surface area (Å²) in [6.07, 6.45) is 4.05. The summed E-state index contributed by atoms with van der Waals surface area (Å²) in [7, 11) is 0. The lowest BCUT2D eigenvalue weighted by atomic mass is 10.2. The number of ether oxygens (including phenoxy) is 1. The van der Waals surface area contributed by atoms with Crippen molar-refractivity contribution in [3.63, 3.8) is 0 Å². The molecule has 2 rings (SSSR count). The Morgan fingerprint density at radius 3 is 2.65 bits per heavy atom. The van der Waals surface area contributed by atoms with Crippen LogP contribution in [0.5, 0.6) is 11.5 Å². The highest BCUT2D eigenvalue weighted by Gasteiger charge is 2.03. The summed E-state index contributed by atoms with van der Waals surface area (Å²) in [4.78, 5) is 7.98. The summed E-state index contributed by atoms with van der Waals surface area (Å²) in [5, 5.41) is 9.82. The fraction of sp³-hybridized carbons (Fsp3) is 0.167. The summed E-state index contributed by atoms with van der Waals surface area (Å²) in [6, 6.07) is 5.10. The maximum absolute atomic E-state index is 9.31. The molecule has 2 heterocycles. The highest BCUT2D eigenvalue weighted by atomic mass is 35.5. The van der Waals surface area contributed by atoms with Crippen molar-refractivity contribution in [1.82, 2.24) is 9.97 Å². The topological polar surface area (TPSA) is 55.2 Å². The molecule has 0 saturated carbocycles. The van der Waals surface area contributed by atoms with Crippen molar-refractivity contribution in [2.24, 2.45) is 0 Å². The van der Waals surface area contributed by atoms with E-state index in [9.17, 15) is 5.11 Å². The molecule has 88 valence electrons. The molecule has 0 fully saturated rings. The van der Waals surface area contributed by atoms with Gasteiger partial charge in [0.05, 0.1) is 29.2 Å². The van der Waals surface area contributed by atoms with Crippen LogP contribution in [0.4, 0.5) is 0 Å². The van der Waals surface area contributed by atoms with Crippen LogP contribution >= 0.6 is 11.6 Å². The first-order valence-corrected chi connectivity index (χ1v) is 5.45. The van der Waals surface area contributed by atoms with Crippen molar-refractivity contribution in [1.29, 1.82) is 0 Å². The Labute approximate surface area is 104 Å². The number of rotatable bonds is 3. The van der Waals surface area contributed by atoms with Gasteiger partial charge >= 0.3 is 0 Å². The normalized spacial score (nSPS) is 12.2. The fourth-order valence-corrected chi connectivity index (χ4v) is 1.45. The Balaban J connectivity index is 2.14. The van der Waals surface area contributed by atoms with Crippen molar-refractivity contribution >= 4 is 11.6 Å². The number of hydrogen-bond acceptors (Lipinski definition) is 4. The quantitative estimate of drug-likeness (QED) is 0.910. The first-order chi connectivity index (χ1) is 8.15. The van der Waals surface area contributed by atoms with E-state index in [1.54, 1.807) is 37.5 Å². The molecule has 0 aliphatic rings. The van der Waals surface area contributed by atoms with Crippen LogP contribution in [0.15, 0.2) is 36.8 Å². The van der Waals surface area contributed by atoms with Gasteiger partial charge in [-0.05, 0) is 19.1 Å². The van der Waals surface area contributed by atoms with Gasteiger partial charge in [-0.3, -0.25) is 9.97 Å². The number of pyridine rings is 2. The van der Waals surface area contributed by atoms with Gasteiger partial charge in [0, 0.05) is 12.3 Å². The van der Waals surface area contributed by atoms with E-state index in [-0.39, 0.29) is 0 Å². The number of nitrogens with zero attached hydrogens (tertiary/aromatic N) is 2. The molecule has 4 nitrogen and oxygen atoms in total. The van der Waals surface area contributed by atoms with Gasteiger partial charge in [-0.25, -0.2) is 0 Å². The number of halogens is 1. The number of hydrogen-bond donors (Lipinski definition) is 1. The summed E-state index contributed by atoms with van der Waals surface area (Å²) >= 11 is 5.79. The third-order valence-electron chi connectivity index (χ3n) is 2.10. The lowest BCUT2D eigenvalue weighted by molar-refractivity contribution is 0.194. The summed E-state index contributed by atoms with van der Waals surface area (Å²) < 4.78 is 5.50. The smallest absolute Gasteiger partial charge is 0.147 e. The second-order valence-corrected chi connectivity index (χ2v) is 3.97. The number of aliphatic hydroxyl groups excluding tert-OH is 1. The van der Waals surface area contributed by atoms with Crippen molar-refractivity contribution < 1.29 is 9.84 Å². The minimum absolute atomic E-state index is 0.510. The fourth-order valence-electron chi connectivity index (χ4n) is 1.28. The molecule has 0 aliphatic heterocycles. The minimum Gasteiger partial charge on any atom is -0.454 e. The first-order valence-electron chi connectivity index (χ1n) is 5.07. The molecule has 0 bridgehead atoms. The molecular weight excluding hydrogens is 240 g/mol. The molecule has 1 atom stereocenters. The third kappa shape index (κ3) is 3.15. The summed E-state index contributed by atoms with van der Waals surface area (Å²) in [6.45, 7) is 1.66. The Hall–Kier alpha value is -1.65. The van der Waals surface area contributed by atoms with E-state index in [0.29, 0.717) is 22.2 Å². The molecular formula is C12H11ClN2O2. The zero-order valence-electron chi connectivity index (χ0n) is 9.17. The van der Waals surface area contributed by atoms with Gasteiger partial charge in [0.1, 0.15) is 11.5 Å². The van der Waals surface area contributed by atoms with Crippen LogP contribution in [0.1, 0.15) is 18.7 Å². The van der Waals surface area contributed by atoms with E-state index in [1.807, 2.05) is 0 Å². The molecule has 2 aromatic rings. The number of aromatic nitrogens is 2. The van der Waals surface area contributed by atoms with E-state index in [4.69, 9.17) is 16.3 Å². The zero-order chi connectivity index (χ0) is 12.3. The molecule has 0 amide bonds. The lowest BCUT2D eigenvalue weighted by Gasteiger charge is -2.07. The molecule has 2 aromatic heterocycles. The van der Waals surface area contributed by atoms with Crippen molar-refractivity contribution in [3.05, 3.63) is 47.5 Å². The third-order valence-corrected chi connectivity index (χ3v) is 2.31. The van der Waals surface area contributed by atoms with Crippen LogP contribution < -0.4 is 4.74 Å². The second-order valence-electron chi connectivity index (χ2n) is 3.54. The molecule has 5 heteroatoms. The maximum atomic E-state index is 9.31. The van der Waals surface area contributed by atoms with Gasteiger partial charge in [0.15, 0.2) is 0 Å². The average molecular weight is 251 g/mol. The van der Waals surface area contributed by atoms with Crippen molar-refractivity contribution in [2.75, 3.05) is 0 Å². The van der Waals surface area contributed by atoms with Gasteiger partial charge in [-0.1, -0.05) is 11.6 Å². The molecule has 0 aromatic carbocycles. The van der Waals surface area contributed by atoms with Gasteiger partial charge in [0.25, 0.3) is 0 Å². The zero-order valence-corrected chi connectivity index (χ0v) is 9.93. The standard InChI is InChI=1S/C12H11ClN2O2/c1-8(16)12-3-2-10(7-15-12)17-11-4-9(13)5-14-6-11/h2-8,16H,1H3/t8-/m1/s1. The molecule has 0 aliphatic carbocycles. The molecule has 0 spiro atoms. The average Bonchev–Trinajstić information content (AvgIpc) is 2.29. The Kier molecular flexibility index (Phi) is 3.56. The summed E-state index contributed by atoms with van der Waals surface area (Å²) in [5.74, 6) is 1.11. The monoisotopic (exact) mass is 250 g/mol. The summed E-state index contributed by atoms with van der Waals surface area (Å²) in [5.41, 5.74) is 0.599. The molecule has 1 N–H and O–H groups in total. The van der Waals surface area contributed by atoms with Crippen LogP contribution in [0.2, 0.25) is 5.02 Å². The van der Waals surface area contributed by atoms with Gasteiger partial charge in [-0.15, -0.1) is 0 Å². The van der Waals surface area contributed by atoms with Crippen molar-refractivity contribution in [3.8, 4) is 11.5 Å². The number of aliphatic hydroxyl groups is 1. The highest BCUT2D eigenvalue weighted by Crippen LogP contribution is 2.23. The van der Waals surface area contributed by atoms with Gasteiger partial charge in [-0.2, -0.15) is 0 Å². The van der Waals surface area contributed by atoms with Crippen molar-refractivity contribution in [2.45, 2.75) is 13.0 Å². The van der Waals surface area contributed by atoms with Crippen LogP contribution in [-0.4, -0.2) is 15.1 Å². The predicted octanol–water partition coefficient (Wildman–Crippen LogP) is 2.98. The second kappa shape index (κ2) is 5.12. The van der Waals surface area contributed by atoms with Gasteiger partial charge in [0.2, 0.25) is 0 Å². The molecule has 0 saturated heterocycles.